The lowest BCUT2D eigenvalue weighted by atomic mass is 10.3. The maximum absolute atomic E-state index is 12.5. The molecule has 0 aromatic heterocycles. The lowest BCUT2D eigenvalue weighted by Gasteiger charge is -2.02. The Bertz CT molecular complexity index is 234. The molecule has 6 heteroatoms. The van der Waals surface area contributed by atoms with E-state index in [-0.39, 0.29) is 0 Å². The summed E-state index contributed by atoms with van der Waals surface area (Å²) in [5, 5.41) is 8.51. The number of halogens is 5. The third kappa shape index (κ3) is 1.16. The highest BCUT2D eigenvalue weighted by Crippen LogP contribution is 2.31. The summed E-state index contributed by atoms with van der Waals surface area (Å²) in [6.07, 6.45) is 0. The van der Waals surface area contributed by atoms with E-state index in [1.165, 1.54) is 0 Å². The van der Waals surface area contributed by atoms with Gasteiger partial charge in [0.2, 0.25) is 5.82 Å². The monoisotopic (exact) mass is 244 g/mol. The first-order valence-electron chi connectivity index (χ1n) is 2.67. The average molecular weight is 245 g/mol. The zero-order chi connectivity index (χ0) is 9.46. The summed E-state index contributed by atoms with van der Waals surface area (Å²) in [6, 6.07) is 0. The van der Waals surface area contributed by atoms with E-state index < -0.39 is 33.5 Å². The minimum Gasteiger partial charge on any atom is -0.503 e. The molecule has 0 spiro atoms. The highest BCUT2D eigenvalue weighted by atomic mass is 79.9. The van der Waals surface area contributed by atoms with Crippen molar-refractivity contribution in [3.63, 3.8) is 0 Å². The van der Waals surface area contributed by atoms with Crippen molar-refractivity contribution in [1.82, 2.24) is 0 Å². The molecule has 0 heterocycles. The van der Waals surface area contributed by atoms with Gasteiger partial charge in [-0.1, -0.05) is 0 Å². The van der Waals surface area contributed by atoms with E-state index >= 15 is 0 Å². The van der Waals surface area contributed by atoms with Crippen molar-refractivity contribution < 1.29 is 22.7 Å². The van der Waals surface area contributed by atoms with Gasteiger partial charge in [-0.3, -0.25) is 0 Å². The Morgan fingerprint density at radius 1 is 0.833 bits per heavy atom. The molecule has 0 fully saturated rings. The summed E-state index contributed by atoms with van der Waals surface area (Å²) in [5.41, 5.74) is 0. The molecular weight excluding hydrogens is 244 g/mol. The van der Waals surface area contributed by atoms with E-state index in [0.29, 0.717) is 0 Å². The first-order chi connectivity index (χ1) is 5.46. The molecule has 1 aromatic rings. The van der Waals surface area contributed by atoms with Gasteiger partial charge in [0, 0.05) is 0 Å². The predicted octanol–water partition coefficient (Wildman–Crippen LogP) is 2.71. The van der Waals surface area contributed by atoms with Crippen molar-refractivity contribution in [1.29, 1.82) is 0 Å². The quantitative estimate of drug-likeness (QED) is 0.423. The summed E-state index contributed by atoms with van der Waals surface area (Å²) in [7, 11) is 0. The molecule has 1 aromatic carbocycles. The van der Waals surface area contributed by atoms with Crippen LogP contribution in [0.15, 0.2) is 4.47 Å². The van der Waals surface area contributed by atoms with Crippen molar-refractivity contribution in [3.05, 3.63) is 27.7 Å². The van der Waals surface area contributed by atoms with Crippen LogP contribution in [0.4, 0.5) is 17.6 Å². The maximum Gasteiger partial charge on any atom is 0.206 e. The first kappa shape index (κ1) is 9.31. The second-order valence-corrected chi connectivity index (χ2v) is 2.71. The zero-order valence-electron chi connectivity index (χ0n) is 5.34. The number of hydrogen-bond donors (Lipinski definition) is 1. The molecule has 0 aliphatic heterocycles. The smallest absolute Gasteiger partial charge is 0.206 e. The van der Waals surface area contributed by atoms with E-state index in [9.17, 15) is 17.6 Å². The van der Waals surface area contributed by atoms with E-state index in [0.717, 1.165) is 0 Å². The largest absolute Gasteiger partial charge is 0.503 e. The highest BCUT2D eigenvalue weighted by Gasteiger charge is 2.23. The van der Waals surface area contributed by atoms with Crippen molar-refractivity contribution in [3.8, 4) is 5.75 Å². The van der Waals surface area contributed by atoms with Crippen molar-refractivity contribution >= 4 is 15.9 Å². The molecule has 0 radical (unpaired) electrons. The van der Waals surface area contributed by atoms with Crippen LogP contribution in [0.2, 0.25) is 0 Å². The van der Waals surface area contributed by atoms with Gasteiger partial charge in [-0.15, -0.1) is 0 Å². The van der Waals surface area contributed by atoms with E-state index in [1.807, 2.05) is 0 Å². The summed E-state index contributed by atoms with van der Waals surface area (Å²) in [5.74, 6) is -8.66. The van der Waals surface area contributed by atoms with Gasteiger partial charge in [0.05, 0.1) is 4.47 Å². The Balaban J connectivity index is 3.60. The van der Waals surface area contributed by atoms with E-state index in [2.05, 4.69) is 15.9 Å². The van der Waals surface area contributed by atoms with Gasteiger partial charge in [-0.05, 0) is 15.9 Å². The molecule has 0 aliphatic rings. The molecular formula is C6HBrF4O. The number of phenols is 1. The number of benzene rings is 1. The molecule has 0 atom stereocenters. The van der Waals surface area contributed by atoms with Crippen molar-refractivity contribution in [2.24, 2.45) is 0 Å². The van der Waals surface area contributed by atoms with Crippen LogP contribution in [-0.2, 0) is 0 Å². The topological polar surface area (TPSA) is 20.2 Å². The molecule has 0 saturated heterocycles. The SMILES string of the molecule is Oc1c(F)c(F)c(F)c(Br)c1F. The van der Waals surface area contributed by atoms with Crippen LogP contribution in [0.25, 0.3) is 0 Å². The van der Waals surface area contributed by atoms with E-state index in [1.54, 1.807) is 0 Å². The normalized spacial score (nSPS) is 10.4. The average Bonchev–Trinajstić information content (AvgIpc) is 2.08. The minimum absolute atomic E-state index is 0.932. The molecule has 1 rings (SSSR count). The number of rotatable bonds is 0. The summed E-state index contributed by atoms with van der Waals surface area (Å²) >= 11 is 2.30. The predicted molar refractivity (Wildman–Crippen MR) is 35.6 cm³/mol. The molecule has 0 amide bonds. The Labute approximate surface area is 72.8 Å². The Hall–Kier alpha value is -0.780. The minimum atomic E-state index is -1.94. The Morgan fingerprint density at radius 2 is 1.33 bits per heavy atom. The lowest BCUT2D eigenvalue weighted by Crippen LogP contribution is -1.96. The van der Waals surface area contributed by atoms with Gasteiger partial charge in [-0.2, -0.15) is 4.39 Å². The van der Waals surface area contributed by atoms with Gasteiger partial charge in [0.25, 0.3) is 0 Å². The van der Waals surface area contributed by atoms with Crippen LogP contribution >= 0.6 is 15.9 Å². The summed E-state index contributed by atoms with van der Waals surface area (Å²) < 4.78 is 48.6. The molecule has 12 heavy (non-hydrogen) atoms. The van der Waals surface area contributed by atoms with E-state index in [4.69, 9.17) is 5.11 Å². The fourth-order valence-electron chi connectivity index (χ4n) is 0.593. The number of hydrogen-bond acceptors (Lipinski definition) is 1. The van der Waals surface area contributed by atoms with Gasteiger partial charge in [-0.25, -0.2) is 13.2 Å². The third-order valence-corrected chi connectivity index (χ3v) is 1.88. The van der Waals surface area contributed by atoms with Crippen LogP contribution in [-0.4, -0.2) is 5.11 Å². The summed E-state index contributed by atoms with van der Waals surface area (Å²) in [4.78, 5) is 0. The molecule has 0 aliphatic carbocycles. The lowest BCUT2D eigenvalue weighted by molar-refractivity contribution is 0.355. The standard InChI is InChI=1S/C6HBrF4O/c7-1-2(8)4(10)5(11)6(12)3(1)9/h12H. The molecule has 1 nitrogen and oxygen atoms in total. The van der Waals surface area contributed by atoms with Gasteiger partial charge >= 0.3 is 0 Å². The first-order valence-corrected chi connectivity index (χ1v) is 3.46. The van der Waals surface area contributed by atoms with Crippen LogP contribution in [0.1, 0.15) is 0 Å². The number of aromatic hydroxyl groups is 1. The maximum atomic E-state index is 12.5. The second-order valence-electron chi connectivity index (χ2n) is 1.92. The third-order valence-electron chi connectivity index (χ3n) is 1.19. The van der Waals surface area contributed by atoms with Crippen LogP contribution < -0.4 is 0 Å². The van der Waals surface area contributed by atoms with Crippen LogP contribution in [0.5, 0.6) is 5.75 Å². The molecule has 0 bridgehead atoms. The zero-order valence-corrected chi connectivity index (χ0v) is 6.92. The molecule has 0 unspecified atom stereocenters. The van der Waals surface area contributed by atoms with Gasteiger partial charge in [0.1, 0.15) is 0 Å². The van der Waals surface area contributed by atoms with Gasteiger partial charge < -0.3 is 5.11 Å². The van der Waals surface area contributed by atoms with Crippen molar-refractivity contribution in [2.75, 3.05) is 0 Å². The van der Waals surface area contributed by atoms with Gasteiger partial charge in [0.15, 0.2) is 23.2 Å². The fourth-order valence-corrected chi connectivity index (χ4v) is 0.955. The number of phenolic OH excluding ortho intramolecular Hbond substituents is 1. The molecule has 1 N–H and O–H groups in total. The Morgan fingerprint density at radius 3 is 1.83 bits per heavy atom. The summed E-state index contributed by atoms with van der Waals surface area (Å²) in [6.45, 7) is 0. The Kier molecular flexibility index (Phi) is 2.27. The molecule has 0 saturated carbocycles. The van der Waals surface area contributed by atoms with Crippen LogP contribution in [0.3, 0.4) is 0 Å². The highest BCUT2D eigenvalue weighted by molar-refractivity contribution is 9.10. The molecule has 66 valence electrons. The second kappa shape index (κ2) is 2.93. The van der Waals surface area contributed by atoms with Crippen molar-refractivity contribution in [2.45, 2.75) is 0 Å². The fraction of sp³-hybridized carbons (Fsp3) is 0. The van der Waals surface area contributed by atoms with Crippen LogP contribution in [0, 0.1) is 23.3 Å².